The molecule has 0 saturated heterocycles. The molecule has 4 rings (SSSR count). The summed E-state index contributed by atoms with van der Waals surface area (Å²) in [7, 11) is 0. The van der Waals surface area contributed by atoms with Crippen molar-refractivity contribution in [3.05, 3.63) is 101 Å². The number of carbonyl (C=O) groups is 2. The van der Waals surface area contributed by atoms with Crippen LogP contribution in [0, 0.1) is 6.92 Å². The van der Waals surface area contributed by atoms with E-state index in [0.29, 0.717) is 21.8 Å². The molecule has 0 spiro atoms. The normalized spacial score (nSPS) is 11.6. The third-order valence-corrected chi connectivity index (χ3v) is 6.25. The summed E-state index contributed by atoms with van der Waals surface area (Å²) >= 11 is 1.36. The van der Waals surface area contributed by atoms with Crippen LogP contribution in [0.15, 0.2) is 79.1 Å². The van der Waals surface area contributed by atoms with Crippen molar-refractivity contribution in [2.45, 2.75) is 13.0 Å². The topological polar surface area (TPSA) is 110 Å². The number of rotatable bonds is 7. The van der Waals surface area contributed by atoms with Crippen LogP contribution in [0.25, 0.3) is 10.6 Å². The largest absolute Gasteiger partial charge is 0.349 e. The van der Waals surface area contributed by atoms with Gasteiger partial charge in [-0.2, -0.15) is 0 Å². The SMILES string of the molecule is Cc1nc(-c2ccccc2)sc1C(=O)NCC(N)c1ccc(C(=O)Nc2ccncc2)cc1. The fourth-order valence-corrected chi connectivity index (χ4v) is 4.22. The molecule has 2 aromatic heterocycles. The zero-order chi connectivity index (χ0) is 23.2. The van der Waals surface area contributed by atoms with Crippen molar-refractivity contribution in [1.82, 2.24) is 15.3 Å². The van der Waals surface area contributed by atoms with E-state index in [1.807, 2.05) is 37.3 Å². The first-order chi connectivity index (χ1) is 16.0. The minimum absolute atomic E-state index is 0.198. The molecule has 8 heteroatoms. The van der Waals surface area contributed by atoms with Crippen LogP contribution in [0.4, 0.5) is 5.69 Å². The Balaban J connectivity index is 1.35. The van der Waals surface area contributed by atoms with Gasteiger partial charge in [0.25, 0.3) is 11.8 Å². The lowest BCUT2D eigenvalue weighted by molar-refractivity contribution is 0.0953. The standard InChI is InChI=1S/C25H23N5O2S/c1-16-22(33-25(29-16)19-5-3-2-4-6-19)24(32)28-15-21(26)17-7-9-18(10-8-17)23(31)30-20-11-13-27-14-12-20/h2-14,21H,15,26H2,1H3,(H,28,32)(H,27,30,31). The smallest absolute Gasteiger partial charge is 0.263 e. The van der Waals surface area contributed by atoms with Crippen LogP contribution < -0.4 is 16.4 Å². The summed E-state index contributed by atoms with van der Waals surface area (Å²) in [6.45, 7) is 2.09. The summed E-state index contributed by atoms with van der Waals surface area (Å²) in [6.07, 6.45) is 3.23. The molecule has 0 saturated carbocycles. The maximum atomic E-state index is 12.7. The molecule has 0 aliphatic rings. The van der Waals surface area contributed by atoms with Crippen LogP contribution >= 0.6 is 11.3 Å². The van der Waals surface area contributed by atoms with Crippen LogP contribution in [-0.2, 0) is 0 Å². The molecule has 0 bridgehead atoms. The highest BCUT2D eigenvalue weighted by molar-refractivity contribution is 7.17. The van der Waals surface area contributed by atoms with E-state index < -0.39 is 6.04 Å². The first kappa shape index (κ1) is 22.3. The monoisotopic (exact) mass is 457 g/mol. The van der Waals surface area contributed by atoms with E-state index in [4.69, 9.17) is 5.73 Å². The van der Waals surface area contributed by atoms with Crippen LogP contribution in [0.2, 0.25) is 0 Å². The molecule has 2 aromatic carbocycles. The minimum Gasteiger partial charge on any atom is -0.349 e. The Morgan fingerprint density at radius 3 is 2.36 bits per heavy atom. The second kappa shape index (κ2) is 10.2. The number of nitrogens with zero attached hydrogens (tertiary/aromatic N) is 2. The van der Waals surface area contributed by atoms with Crippen molar-refractivity contribution < 1.29 is 9.59 Å². The van der Waals surface area contributed by atoms with Gasteiger partial charge in [0.1, 0.15) is 9.88 Å². The Bertz CT molecular complexity index is 1240. The highest BCUT2D eigenvalue weighted by Gasteiger charge is 2.17. The van der Waals surface area contributed by atoms with Gasteiger partial charge in [0, 0.05) is 41.8 Å². The van der Waals surface area contributed by atoms with Crippen molar-refractivity contribution in [3.8, 4) is 10.6 Å². The number of nitrogens with one attached hydrogen (secondary N) is 2. The molecule has 7 nitrogen and oxygen atoms in total. The molecule has 2 amide bonds. The van der Waals surface area contributed by atoms with Gasteiger partial charge in [-0.1, -0.05) is 42.5 Å². The third kappa shape index (κ3) is 5.49. The average molecular weight is 458 g/mol. The van der Waals surface area contributed by atoms with Gasteiger partial charge in [-0.05, 0) is 36.8 Å². The molecule has 0 fully saturated rings. The van der Waals surface area contributed by atoms with Crippen molar-refractivity contribution in [1.29, 1.82) is 0 Å². The quantitative estimate of drug-likeness (QED) is 0.385. The van der Waals surface area contributed by atoms with Crippen LogP contribution in [-0.4, -0.2) is 28.3 Å². The number of carbonyl (C=O) groups excluding carboxylic acids is 2. The Hall–Kier alpha value is -3.88. The maximum absolute atomic E-state index is 12.7. The molecule has 166 valence electrons. The van der Waals surface area contributed by atoms with Crippen molar-refractivity contribution in [2.24, 2.45) is 5.73 Å². The fourth-order valence-electron chi connectivity index (χ4n) is 3.23. The lowest BCUT2D eigenvalue weighted by atomic mass is 10.0. The summed E-state index contributed by atoms with van der Waals surface area (Å²) in [5.41, 5.74) is 9.95. The van der Waals surface area contributed by atoms with Gasteiger partial charge in [0.2, 0.25) is 0 Å². The number of aryl methyl sites for hydroxylation is 1. The third-order valence-electron chi connectivity index (χ3n) is 5.05. The zero-order valence-corrected chi connectivity index (χ0v) is 18.8. The predicted octanol–water partition coefficient (Wildman–Crippen LogP) is 4.20. The van der Waals surface area contributed by atoms with Gasteiger partial charge >= 0.3 is 0 Å². The van der Waals surface area contributed by atoms with E-state index >= 15 is 0 Å². The van der Waals surface area contributed by atoms with Gasteiger partial charge in [0.05, 0.1) is 5.69 Å². The van der Waals surface area contributed by atoms with Gasteiger partial charge in [-0.25, -0.2) is 4.98 Å². The maximum Gasteiger partial charge on any atom is 0.263 e. The summed E-state index contributed by atoms with van der Waals surface area (Å²) in [5.74, 6) is -0.416. The molecule has 33 heavy (non-hydrogen) atoms. The number of benzene rings is 2. The fraction of sp³-hybridized carbons (Fsp3) is 0.120. The molecule has 2 heterocycles. The molecule has 0 aliphatic heterocycles. The summed E-state index contributed by atoms with van der Waals surface area (Å²) in [6, 6.07) is 19.8. The summed E-state index contributed by atoms with van der Waals surface area (Å²) < 4.78 is 0. The van der Waals surface area contributed by atoms with Crippen molar-refractivity contribution >= 4 is 28.8 Å². The highest BCUT2D eigenvalue weighted by Crippen LogP contribution is 2.27. The molecule has 4 N–H and O–H groups in total. The molecular formula is C25H23N5O2S. The molecular weight excluding hydrogens is 434 g/mol. The number of nitrogens with two attached hydrogens (primary N) is 1. The van der Waals surface area contributed by atoms with Gasteiger partial charge in [0.15, 0.2) is 0 Å². The second-order valence-electron chi connectivity index (χ2n) is 7.43. The molecule has 4 aromatic rings. The number of anilines is 1. The van der Waals surface area contributed by atoms with Crippen LogP contribution in [0.3, 0.4) is 0 Å². The Morgan fingerprint density at radius 2 is 1.67 bits per heavy atom. The number of hydrogen-bond donors (Lipinski definition) is 3. The first-order valence-electron chi connectivity index (χ1n) is 10.4. The van der Waals surface area contributed by atoms with Gasteiger partial charge in [-0.3, -0.25) is 14.6 Å². The van der Waals surface area contributed by atoms with Crippen molar-refractivity contribution in [2.75, 3.05) is 11.9 Å². The number of thiazole rings is 1. The summed E-state index contributed by atoms with van der Waals surface area (Å²) in [4.78, 5) is 34.1. The predicted molar refractivity (Wildman–Crippen MR) is 130 cm³/mol. The number of aromatic nitrogens is 2. The lowest BCUT2D eigenvalue weighted by Gasteiger charge is -2.13. The molecule has 1 atom stereocenters. The number of pyridine rings is 1. The van der Waals surface area contributed by atoms with E-state index in [0.717, 1.165) is 16.1 Å². The molecule has 0 aliphatic carbocycles. The molecule has 1 unspecified atom stereocenters. The Kier molecular flexibility index (Phi) is 6.87. The lowest BCUT2D eigenvalue weighted by Crippen LogP contribution is -2.31. The van der Waals surface area contributed by atoms with E-state index in [1.165, 1.54) is 11.3 Å². The number of amides is 2. The number of hydrogen-bond acceptors (Lipinski definition) is 6. The average Bonchev–Trinajstić information content (AvgIpc) is 3.25. The molecule has 0 radical (unpaired) electrons. The van der Waals surface area contributed by atoms with Gasteiger partial charge in [-0.15, -0.1) is 11.3 Å². The van der Waals surface area contributed by atoms with Gasteiger partial charge < -0.3 is 16.4 Å². The first-order valence-corrected chi connectivity index (χ1v) is 11.2. The van der Waals surface area contributed by atoms with E-state index in [-0.39, 0.29) is 18.4 Å². The van der Waals surface area contributed by atoms with E-state index in [9.17, 15) is 9.59 Å². The van der Waals surface area contributed by atoms with E-state index in [2.05, 4.69) is 20.6 Å². The Labute approximate surface area is 195 Å². The Morgan fingerprint density at radius 1 is 0.970 bits per heavy atom. The van der Waals surface area contributed by atoms with E-state index in [1.54, 1.807) is 48.8 Å². The summed E-state index contributed by atoms with van der Waals surface area (Å²) in [5, 5.41) is 6.51. The van der Waals surface area contributed by atoms with Crippen LogP contribution in [0.1, 0.15) is 37.3 Å². The van der Waals surface area contributed by atoms with Crippen molar-refractivity contribution in [3.63, 3.8) is 0 Å². The zero-order valence-electron chi connectivity index (χ0n) is 18.0. The van der Waals surface area contributed by atoms with Crippen LogP contribution in [0.5, 0.6) is 0 Å². The minimum atomic E-state index is -0.409. The highest BCUT2D eigenvalue weighted by atomic mass is 32.1. The second-order valence-corrected chi connectivity index (χ2v) is 8.43.